The van der Waals surface area contributed by atoms with Crippen LogP contribution in [0.5, 0.6) is 0 Å². The minimum absolute atomic E-state index is 0.882. The first-order valence-electron chi connectivity index (χ1n) is 9.22. The van der Waals surface area contributed by atoms with Gasteiger partial charge in [0.2, 0.25) is 0 Å². The molecule has 118 valence electrons. The van der Waals surface area contributed by atoms with E-state index in [1.165, 1.54) is 90.5 Å². The molecule has 0 N–H and O–H groups in total. The summed E-state index contributed by atoms with van der Waals surface area (Å²) in [6, 6.07) is 0.882. The first-order valence-corrected chi connectivity index (χ1v) is 9.22. The topological polar surface area (TPSA) is 6.48 Å². The van der Waals surface area contributed by atoms with E-state index in [9.17, 15) is 0 Å². The van der Waals surface area contributed by atoms with Gasteiger partial charge in [-0.1, -0.05) is 46.0 Å². The zero-order valence-corrected chi connectivity index (χ0v) is 13.9. The Labute approximate surface area is 126 Å². The van der Waals surface area contributed by atoms with Crippen LogP contribution >= 0.6 is 0 Å². The van der Waals surface area contributed by atoms with Crippen molar-refractivity contribution in [1.82, 2.24) is 9.80 Å². The van der Waals surface area contributed by atoms with Crippen molar-refractivity contribution in [1.29, 1.82) is 0 Å². The molecule has 0 saturated carbocycles. The van der Waals surface area contributed by atoms with Gasteiger partial charge in [-0.3, -0.25) is 4.90 Å². The standard InChI is InChI=1S/C18H36N2/c1-17(2)10-5-3-4-7-12-19-13-9-15-20-14-8-6-11-18(20)16-19/h17-18H,3-16H2,1-2H3. The van der Waals surface area contributed by atoms with Gasteiger partial charge >= 0.3 is 0 Å². The fourth-order valence-corrected chi connectivity index (χ4v) is 3.89. The van der Waals surface area contributed by atoms with E-state index in [0.29, 0.717) is 0 Å². The molecular formula is C18H36N2. The molecule has 1 unspecified atom stereocenters. The van der Waals surface area contributed by atoms with Crippen molar-refractivity contribution < 1.29 is 0 Å². The quantitative estimate of drug-likeness (QED) is 0.646. The zero-order valence-electron chi connectivity index (χ0n) is 13.9. The summed E-state index contributed by atoms with van der Waals surface area (Å²) < 4.78 is 0. The number of hydrogen-bond acceptors (Lipinski definition) is 2. The van der Waals surface area contributed by atoms with E-state index < -0.39 is 0 Å². The van der Waals surface area contributed by atoms with Crippen LogP contribution in [0.1, 0.15) is 71.6 Å². The molecule has 2 heterocycles. The molecule has 0 spiro atoms. The maximum atomic E-state index is 2.77. The van der Waals surface area contributed by atoms with Gasteiger partial charge in [-0.15, -0.1) is 0 Å². The highest BCUT2D eigenvalue weighted by Gasteiger charge is 2.26. The lowest BCUT2D eigenvalue weighted by atomic mass is 10.0. The number of rotatable bonds is 7. The number of nitrogens with zero attached hydrogens (tertiary/aromatic N) is 2. The molecule has 2 heteroatoms. The molecule has 2 rings (SSSR count). The Balaban J connectivity index is 1.58. The summed E-state index contributed by atoms with van der Waals surface area (Å²) in [4.78, 5) is 5.53. The van der Waals surface area contributed by atoms with Gasteiger partial charge in [0.05, 0.1) is 0 Å². The number of fused-ring (bicyclic) bond motifs is 1. The van der Waals surface area contributed by atoms with Crippen molar-refractivity contribution in [3.63, 3.8) is 0 Å². The lowest BCUT2D eigenvalue weighted by Crippen LogP contribution is -2.44. The average molecular weight is 280 g/mol. The third kappa shape index (κ3) is 5.73. The monoisotopic (exact) mass is 280 g/mol. The van der Waals surface area contributed by atoms with Crippen molar-refractivity contribution in [3.05, 3.63) is 0 Å². The molecule has 2 aliphatic rings. The summed E-state index contributed by atoms with van der Waals surface area (Å²) in [5.74, 6) is 0.887. The molecular weight excluding hydrogens is 244 g/mol. The summed E-state index contributed by atoms with van der Waals surface area (Å²) >= 11 is 0. The Bertz CT molecular complexity index is 252. The van der Waals surface area contributed by atoms with Crippen molar-refractivity contribution >= 4 is 0 Å². The molecule has 2 saturated heterocycles. The normalized spacial score (nSPS) is 25.6. The predicted octanol–water partition coefficient (Wildman–Crippen LogP) is 4.15. The van der Waals surface area contributed by atoms with Crippen LogP contribution in [-0.4, -0.2) is 48.6 Å². The first kappa shape index (κ1) is 16.3. The molecule has 2 fully saturated rings. The van der Waals surface area contributed by atoms with Crippen molar-refractivity contribution in [3.8, 4) is 0 Å². The molecule has 20 heavy (non-hydrogen) atoms. The highest BCUT2D eigenvalue weighted by Crippen LogP contribution is 2.21. The average Bonchev–Trinajstić information content (AvgIpc) is 2.64. The molecule has 2 nitrogen and oxygen atoms in total. The van der Waals surface area contributed by atoms with Crippen LogP contribution in [-0.2, 0) is 0 Å². The second-order valence-corrected chi connectivity index (χ2v) is 7.44. The van der Waals surface area contributed by atoms with Gasteiger partial charge in [0.25, 0.3) is 0 Å². The van der Waals surface area contributed by atoms with Crippen LogP contribution in [0.2, 0.25) is 0 Å². The van der Waals surface area contributed by atoms with E-state index in [2.05, 4.69) is 23.6 Å². The minimum Gasteiger partial charge on any atom is -0.302 e. The zero-order chi connectivity index (χ0) is 14.2. The lowest BCUT2D eigenvalue weighted by molar-refractivity contribution is 0.136. The molecule has 0 amide bonds. The molecule has 1 atom stereocenters. The van der Waals surface area contributed by atoms with E-state index in [4.69, 9.17) is 0 Å². The van der Waals surface area contributed by atoms with E-state index in [-0.39, 0.29) is 0 Å². The van der Waals surface area contributed by atoms with Gasteiger partial charge in [-0.05, 0) is 57.8 Å². The third-order valence-corrected chi connectivity index (χ3v) is 5.14. The largest absolute Gasteiger partial charge is 0.302 e. The highest BCUT2D eigenvalue weighted by molar-refractivity contribution is 4.83. The SMILES string of the molecule is CC(C)CCCCCCN1CCCN2CCCCC2C1. The van der Waals surface area contributed by atoms with Crippen LogP contribution in [0.25, 0.3) is 0 Å². The second-order valence-electron chi connectivity index (χ2n) is 7.44. The van der Waals surface area contributed by atoms with Gasteiger partial charge in [0.15, 0.2) is 0 Å². The molecule has 0 aromatic carbocycles. The summed E-state index contributed by atoms with van der Waals surface area (Å²) in [5, 5.41) is 0. The van der Waals surface area contributed by atoms with Crippen molar-refractivity contribution in [2.24, 2.45) is 5.92 Å². The van der Waals surface area contributed by atoms with E-state index in [0.717, 1.165) is 12.0 Å². The summed E-state index contributed by atoms with van der Waals surface area (Å²) in [6.07, 6.45) is 12.9. The Morgan fingerprint density at radius 1 is 0.900 bits per heavy atom. The molecule has 0 aromatic heterocycles. The van der Waals surface area contributed by atoms with Crippen LogP contribution in [0.15, 0.2) is 0 Å². The molecule has 0 radical (unpaired) electrons. The Hall–Kier alpha value is -0.0800. The summed E-state index contributed by atoms with van der Waals surface area (Å²) in [5.41, 5.74) is 0. The number of unbranched alkanes of at least 4 members (excludes halogenated alkanes) is 3. The predicted molar refractivity (Wildman–Crippen MR) is 88.2 cm³/mol. The smallest absolute Gasteiger partial charge is 0.0223 e. The fraction of sp³-hybridized carbons (Fsp3) is 1.00. The Morgan fingerprint density at radius 3 is 2.55 bits per heavy atom. The van der Waals surface area contributed by atoms with Crippen molar-refractivity contribution in [2.45, 2.75) is 77.7 Å². The number of piperidine rings is 1. The van der Waals surface area contributed by atoms with E-state index in [1.54, 1.807) is 0 Å². The van der Waals surface area contributed by atoms with Crippen LogP contribution in [0, 0.1) is 5.92 Å². The van der Waals surface area contributed by atoms with E-state index >= 15 is 0 Å². The van der Waals surface area contributed by atoms with Gasteiger partial charge in [0.1, 0.15) is 0 Å². The van der Waals surface area contributed by atoms with Crippen LogP contribution in [0.4, 0.5) is 0 Å². The van der Waals surface area contributed by atoms with Gasteiger partial charge in [0, 0.05) is 12.6 Å². The third-order valence-electron chi connectivity index (χ3n) is 5.14. The lowest BCUT2D eigenvalue weighted by Gasteiger charge is -2.35. The molecule has 0 aromatic rings. The fourth-order valence-electron chi connectivity index (χ4n) is 3.89. The summed E-state index contributed by atoms with van der Waals surface area (Å²) in [7, 11) is 0. The molecule has 0 aliphatic carbocycles. The molecule has 2 aliphatic heterocycles. The van der Waals surface area contributed by atoms with Gasteiger partial charge in [-0.25, -0.2) is 0 Å². The van der Waals surface area contributed by atoms with Crippen molar-refractivity contribution in [2.75, 3.05) is 32.7 Å². The van der Waals surface area contributed by atoms with Crippen LogP contribution < -0.4 is 0 Å². The van der Waals surface area contributed by atoms with Crippen LogP contribution in [0.3, 0.4) is 0 Å². The Morgan fingerprint density at radius 2 is 1.70 bits per heavy atom. The second kappa shape index (κ2) is 9.04. The highest BCUT2D eigenvalue weighted by atomic mass is 15.2. The maximum absolute atomic E-state index is 2.77. The summed E-state index contributed by atoms with van der Waals surface area (Å²) in [6.45, 7) is 11.5. The van der Waals surface area contributed by atoms with E-state index in [1.807, 2.05) is 0 Å². The number of hydrogen-bond donors (Lipinski definition) is 0. The van der Waals surface area contributed by atoms with Gasteiger partial charge < -0.3 is 4.90 Å². The van der Waals surface area contributed by atoms with Gasteiger partial charge in [-0.2, -0.15) is 0 Å². The first-order chi connectivity index (χ1) is 9.75. The maximum Gasteiger partial charge on any atom is 0.0223 e. The Kier molecular flexibility index (Phi) is 7.37. The minimum atomic E-state index is 0.882. The molecule has 0 bridgehead atoms.